The minimum atomic E-state index is 0.709. The van der Waals surface area contributed by atoms with Crippen molar-refractivity contribution in [2.75, 3.05) is 24.6 Å². The lowest BCUT2D eigenvalue weighted by molar-refractivity contribution is 0.410. The zero-order chi connectivity index (χ0) is 11.4. The number of hydrogen-bond acceptors (Lipinski definition) is 3. The fourth-order valence-electron chi connectivity index (χ4n) is 1.92. The zero-order valence-electron chi connectivity index (χ0n) is 9.21. The number of hydrogen-bond donors (Lipinski definition) is 2. The molecule has 3 N–H and O–H groups in total. The first-order valence-corrected chi connectivity index (χ1v) is 7.00. The van der Waals surface area contributed by atoms with Crippen LogP contribution in [0.5, 0.6) is 0 Å². The normalized spacial score (nSPS) is 20.9. The molecule has 88 valence electrons. The predicted molar refractivity (Wildman–Crippen MR) is 72.2 cm³/mol. The van der Waals surface area contributed by atoms with Gasteiger partial charge in [0.15, 0.2) is 0 Å². The van der Waals surface area contributed by atoms with E-state index in [0.29, 0.717) is 5.02 Å². The fourth-order valence-corrected chi connectivity index (χ4v) is 3.19. The Hall–Kier alpha value is -0.380. The monoisotopic (exact) mass is 256 g/mol. The molecule has 1 aliphatic heterocycles. The summed E-state index contributed by atoms with van der Waals surface area (Å²) in [6.07, 6.45) is 2.62. The van der Waals surface area contributed by atoms with Crippen LogP contribution in [0.1, 0.15) is 12.8 Å². The van der Waals surface area contributed by atoms with Crippen molar-refractivity contribution in [2.45, 2.75) is 17.7 Å². The van der Waals surface area contributed by atoms with Crippen molar-refractivity contribution in [1.82, 2.24) is 5.32 Å². The highest BCUT2D eigenvalue weighted by molar-refractivity contribution is 7.99. The smallest absolute Gasteiger partial charge is 0.0467 e. The minimum Gasteiger partial charge on any atom is -0.398 e. The lowest BCUT2D eigenvalue weighted by atomic mass is 10.0. The summed E-state index contributed by atoms with van der Waals surface area (Å²) in [4.78, 5) is 1.15. The number of halogens is 1. The van der Waals surface area contributed by atoms with Crippen LogP contribution in [0, 0.1) is 5.92 Å². The first kappa shape index (κ1) is 12.1. The SMILES string of the molecule is Nc1cc(Cl)ccc1SCC1CCCNC1. The summed E-state index contributed by atoms with van der Waals surface area (Å²) in [5, 5.41) is 4.14. The van der Waals surface area contributed by atoms with Gasteiger partial charge in [-0.3, -0.25) is 0 Å². The van der Waals surface area contributed by atoms with Crippen LogP contribution in [0.25, 0.3) is 0 Å². The van der Waals surface area contributed by atoms with Crippen LogP contribution < -0.4 is 11.1 Å². The van der Waals surface area contributed by atoms with Gasteiger partial charge in [-0.15, -0.1) is 11.8 Å². The number of nitrogens with one attached hydrogen (secondary N) is 1. The molecule has 2 rings (SSSR count). The van der Waals surface area contributed by atoms with Crippen LogP contribution >= 0.6 is 23.4 Å². The van der Waals surface area contributed by atoms with E-state index in [1.807, 2.05) is 30.0 Å². The second kappa shape index (κ2) is 5.80. The number of piperidine rings is 1. The Balaban J connectivity index is 1.88. The minimum absolute atomic E-state index is 0.709. The van der Waals surface area contributed by atoms with E-state index in [4.69, 9.17) is 17.3 Å². The largest absolute Gasteiger partial charge is 0.398 e. The summed E-state index contributed by atoms with van der Waals surface area (Å²) >= 11 is 7.71. The molecular weight excluding hydrogens is 240 g/mol. The van der Waals surface area contributed by atoms with Crippen molar-refractivity contribution < 1.29 is 0 Å². The summed E-state index contributed by atoms with van der Waals surface area (Å²) in [5.41, 5.74) is 6.71. The molecule has 0 spiro atoms. The third-order valence-corrected chi connectivity index (χ3v) is 4.40. The summed E-state index contributed by atoms with van der Waals surface area (Å²) in [7, 11) is 0. The van der Waals surface area contributed by atoms with Crippen molar-refractivity contribution in [3.8, 4) is 0 Å². The second-order valence-electron chi connectivity index (χ2n) is 4.21. The van der Waals surface area contributed by atoms with E-state index >= 15 is 0 Å². The molecule has 1 aromatic carbocycles. The first-order valence-electron chi connectivity index (χ1n) is 5.64. The maximum absolute atomic E-state index is 5.92. The molecule has 0 amide bonds. The number of nitrogens with two attached hydrogens (primary N) is 1. The number of nitrogen functional groups attached to an aromatic ring is 1. The maximum atomic E-state index is 5.92. The van der Waals surface area contributed by atoms with E-state index in [0.717, 1.165) is 28.8 Å². The van der Waals surface area contributed by atoms with Gasteiger partial charge in [-0.05, 0) is 50.0 Å². The standard InChI is InChI=1S/C12H17ClN2S/c13-10-3-4-12(11(14)6-10)16-8-9-2-1-5-15-7-9/h3-4,6,9,15H,1-2,5,7-8,14H2. The van der Waals surface area contributed by atoms with Gasteiger partial charge in [0.2, 0.25) is 0 Å². The van der Waals surface area contributed by atoms with Crippen LogP contribution in [-0.4, -0.2) is 18.8 Å². The third kappa shape index (κ3) is 3.30. The van der Waals surface area contributed by atoms with Crippen LogP contribution in [0.2, 0.25) is 5.02 Å². The maximum Gasteiger partial charge on any atom is 0.0467 e. The fraction of sp³-hybridized carbons (Fsp3) is 0.500. The molecule has 1 aliphatic rings. The molecule has 1 heterocycles. The van der Waals surface area contributed by atoms with Crippen molar-refractivity contribution in [3.05, 3.63) is 23.2 Å². The Morgan fingerprint density at radius 1 is 1.50 bits per heavy atom. The molecule has 1 atom stereocenters. The van der Waals surface area contributed by atoms with E-state index in [2.05, 4.69) is 5.32 Å². The van der Waals surface area contributed by atoms with Crippen molar-refractivity contribution in [1.29, 1.82) is 0 Å². The van der Waals surface area contributed by atoms with Gasteiger partial charge in [0.05, 0.1) is 0 Å². The van der Waals surface area contributed by atoms with Gasteiger partial charge >= 0.3 is 0 Å². The molecular formula is C12H17ClN2S. The summed E-state index contributed by atoms with van der Waals surface area (Å²) in [6.45, 7) is 2.31. The quantitative estimate of drug-likeness (QED) is 0.645. The van der Waals surface area contributed by atoms with Gasteiger partial charge < -0.3 is 11.1 Å². The Morgan fingerprint density at radius 3 is 3.06 bits per heavy atom. The summed E-state index contributed by atoms with van der Waals surface area (Å²) in [6, 6.07) is 5.74. The molecule has 1 saturated heterocycles. The Bertz CT molecular complexity index is 351. The molecule has 16 heavy (non-hydrogen) atoms. The Morgan fingerprint density at radius 2 is 2.38 bits per heavy atom. The van der Waals surface area contributed by atoms with Crippen molar-refractivity contribution in [3.63, 3.8) is 0 Å². The van der Waals surface area contributed by atoms with Crippen LogP contribution in [-0.2, 0) is 0 Å². The zero-order valence-corrected chi connectivity index (χ0v) is 10.8. The molecule has 0 radical (unpaired) electrons. The average molecular weight is 257 g/mol. The van der Waals surface area contributed by atoms with E-state index in [9.17, 15) is 0 Å². The van der Waals surface area contributed by atoms with Crippen molar-refractivity contribution in [2.24, 2.45) is 5.92 Å². The highest BCUT2D eigenvalue weighted by atomic mass is 35.5. The Labute approximate surface area is 106 Å². The molecule has 0 aromatic heterocycles. The number of thioether (sulfide) groups is 1. The topological polar surface area (TPSA) is 38.0 Å². The number of anilines is 1. The van der Waals surface area contributed by atoms with E-state index in [-0.39, 0.29) is 0 Å². The molecule has 0 bridgehead atoms. The molecule has 2 nitrogen and oxygen atoms in total. The highest BCUT2D eigenvalue weighted by Gasteiger charge is 2.13. The van der Waals surface area contributed by atoms with Gasteiger partial charge in [-0.2, -0.15) is 0 Å². The van der Waals surface area contributed by atoms with Gasteiger partial charge in [0, 0.05) is 21.4 Å². The van der Waals surface area contributed by atoms with E-state index in [1.54, 1.807) is 0 Å². The van der Waals surface area contributed by atoms with Gasteiger partial charge in [-0.25, -0.2) is 0 Å². The highest BCUT2D eigenvalue weighted by Crippen LogP contribution is 2.30. The van der Waals surface area contributed by atoms with E-state index in [1.165, 1.54) is 19.4 Å². The molecule has 1 fully saturated rings. The van der Waals surface area contributed by atoms with Gasteiger partial charge in [0.25, 0.3) is 0 Å². The predicted octanol–water partition coefficient (Wildman–Crippen LogP) is 3.01. The van der Waals surface area contributed by atoms with Crippen LogP contribution in [0.15, 0.2) is 23.1 Å². The third-order valence-electron chi connectivity index (χ3n) is 2.85. The number of rotatable bonds is 3. The summed E-state index contributed by atoms with van der Waals surface area (Å²) < 4.78 is 0. The molecule has 1 aromatic rings. The lowest BCUT2D eigenvalue weighted by Gasteiger charge is -2.22. The molecule has 0 aliphatic carbocycles. The van der Waals surface area contributed by atoms with Gasteiger partial charge in [0.1, 0.15) is 0 Å². The lowest BCUT2D eigenvalue weighted by Crippen LogP contribution is -2.30. The average Bonchev–Trinajstić information content (AvgIpc) is 2.29. The molecule has 0 saturated carbocycles. The van der Waals surface area contributed by atoms with Gasteiger partial charge in [-0.1, -0.05) is 11.6 Å². The van der Waals surface area contributed by atoms with Crippen LogP contribution in [0.3, 0.4) is 0 Å². The molecule has 1 unspecified atom stereocenters. The van der Waals surface area contributed by atoms with Crippen molar-refractivity contribution >= 4 is 29.1 Å². The molecule has 4 heteroatoms. The summed E-state index contributed by atoms with van der Waals surface area (Å²) in [5.74, 6) is 1.91. The number of benzene rings is 1. The Kier molecular flexibility index (Phi) is 4.38. The van der Waals surface area contributed by atoms with E-state index < -0.39 is 0 Å². The first-order chi connectivity index (χ1) is 7.75. The van der Waals surface area contributed by atoms with Crippen LogP contribution in [0.4, 0.5) is 5.69 Å². The second-order valence-corrected chi connectivity index (χ2v) is 5.70.